The molecule has 7 nitrogen and oxygen atoms in total. The molecule has 0 aliphatic rings. The molecule has 0 aliphatic carbocycles. The second-order valence-electron chi connectivity index (χ2n) is 8.24. The molecule has 0 radical (unpaired) electrons. The van der Waals surface area contributed by atoms with E-state index >= 15 is 0 Å². The van der Waals surface area contributed by atoms with Crippen molar-refractivity contribution in [1.82, 2.24) is 34.5 Å². The average Bonchev–Trinajstić information content (AvgIpc) is 3.38. The zero-order valence-corrected chi connectivity index (χ0v) is 17.8. The zero-order chi connectivity index (χ0) is 20.5. The lowest BCUT2D eigenvalue weighted by atomic mass is 9.92. The molecule has 0 spiro atoms. The first-order chi connectivity index (χ1) is 14.0. The highest BCUT2D eigenvalue weighted by Crippen LogP contribution is 2.30. The summed E-state index contributed by atoms with van der Waals surface area (Å²) in [5, 5.41) is 8.19. The standard InChI is InChI=1S/C22H29N7/c1-6-18-26-20(16-12-24-28-21(16)27-18)15(5)8-7-14(4)17-11-19-23-9-10-29(19)22(25-17)13(2)3/h9-15H,6-8H2,1-5H3,(H,24,26,27,28). The van der Waals surface area contributed by atoms with Crippen LogP contribution in [0.15, 0.2) is 24.7 Å². The fourth-order valence-electron chi connectivity index (χ4n) is 3.85. The number of H-pyrrole nitrogens is 1. The van der Waals surface area contributed by atoms with Crippen molar-refractivity contribution in [2.24, 2.45) is 0 Å². The van der Waals surface area contributed by atoms with Gasteiger partial charge in [-0.3, -0.25) is 9.50 Å². The molecule has 0 fully saturated rings. The predicted octanol–water partition coefficient (Wildman–Crippen LogP) is 4.77. The number of hydrogen-bond donors (Lipinski definition) is 1. The van der Waals surface area contributed by atoms with Gasteiger partial charge >= 0.3 is 0 Å². The summed E-state index contributed by atoms with van der Waals surface area (Å²) in [6.45, 7) is 10.9. The first-order valence-corrected chi connectivity index (χ1v) is 10.5. The van der Waals surface area contributed by atoms with E-state index in [1.165, 1.54) is 0 Å². The lowest BCUT2D eigenvalue weighted by Crippen LogP contribution is -2.09. The monoisotopic (exact) mass is 391 g/mol. The first kappa shape index (κ1) is 19.5. The van der Waals surface area contributed by atoms with Gasteiger partial charge in [-0.2, -0.15) is 5.10 Å². The molecular formula is C22H29N7. The van der Waals surface area contributed by atoms with E-state index in [9.17, 15) is 0 Å². The van der Waals surface area contributed by atoms with Crippen molar-refractivity contribution in [2.45, 2.75) is 71.6 Å². The number of nitrogens with one attached hydrogen (secondary N) is 1. The van der Waals surface area contributed by atoms with E-state index in [4.69, 9.17) is 9.97 Å². The summed E-state index contributed by atoms with van der Waals surface area (Å²) in [4.78, 5) is 18.8. The third-order valence-corrected chi connectivity index (χ3v) is 5.66. The van der Waals surface area contributed by atoms with Crippen molar-refractivity contribution in [2.75, 3.05) is 0 Å². The summed E-state index contributed by atoms with van der Waals surface area (Å²) in [6, 6.07) is 2.12. The number of aromatic amines is 1. The predicted molar refractivity (Wildman–Crippen MR) is 114 cm³/mol. The Morgan fingerprint density at radius 3 is 2.59 bits per heavy atom. The molecular weight excluding hydrogens is 362 g/mol. The Kier molecular flexibility index (Phi) is 5.30. The van der Waals surface area contributed by atoms with Gasteiger partial charge in [-0.05, 0) is 24.7 Å². The number of rotatable bonds is 7. The molecule has 1 N–H and O–H groups in total. The lowest BCUT2D eigenvalue weighted by molar-refractivity contribution is 0.554. The second-order valence-corrected chi connectivity index (χ2v) is 8.24. The minimum Gasteiger partial charge on any atom is -0.288 e. The van der Waals surface area contributed by atoms with Crippen LogP contribution in [0.4, 0.5) is 0 Å². The van der Waals surface area contributed by atoms with Crippen LogP contribution in [0.5, 0.6) is 0 Å². The van der Waals surface area contributed by atoms with Gasteiger partial charge in [0.15, 0.2) is 5.65 Å². The van der Waals surface area contributed by atoms with Crippen molar-refractivity contribution < 1.29 is 0 Å². The number of nitrogens with zero attached hydrogens (tertiary/aromatic N) is 6. The first-order valence-electron chi connectivity index (χ1n) is 10.5. The second kappa shape index (κ2) is 7.89. The lowest BCUT2D eigenvalue weighted by Gasteiger charge is -2.18. The minimum atomic E-state index is 0.325. The topological polar surface area (TPSA) is 84.6 Å². The van der Waals surface area contributed by atoms with E-state index in [1.54, 1.807) is 0 Å². The number of fused-ring (bicyclic) bond motifs is 2. The molecule has 0 amide bonds. The fourth-order valence-corrected chi connectivity index (χ4v) is 3.85. The van der Waals surface area contributed by atoms with Crippen LogP contribution >= 0.6 is 0 Å². The Morgan fingerprint density at radius 2 is 1.83 bits per heavy atom. The molecule has 2 atom stereocenters. The third-order valence-electron chi connectivity index (χ3n) is 5.66. The molecule has 4 aromatic heterocycles. The molecule has 7 heteroatoms. The zero-order valence-electron chi connectivity index (χ0n) is 17.8. The highest BCUT2D eigenvalue weighted by atomic mass is 15.1. The van der Waals surface area contributed by atoms with Crippen molar-refractivity contribution in [3.63, 3.8) is 0 Å². The van der Waals surface area contributed by atoms with Gasteiger partial charge in [0, 0.05) is 36.5 Å². The van der Waals surface area contributed by atoms with Crippen molar-refractivity contribution in [3.8, 4) is 0 Å². The summed E-state index contributed by atoms with van der Waals surface area (Å²) in [7, 11) is 0. The highest BCUT2D eigenvalue weighted by Gasteiger charge is 2.19. The van der Waals surface area contributed by atoms with Gasteiger partial charge in [0.2, 0.25) is 0 Å². The minimum absolute atomic E-state index is 0.325. The molecule has 4 heterocycles. The van der Waals surface area contributed by atoms with Gasteiger partial charge in [0.25, 0.3) is 0 Å². The molecule has 2 unspecified atom stereocenters. The Bertz CT molecular complexity index is 1120. The van der Waals surface area contributed by atoms with E-state index in [0.29, 0.717) is 17.8 Å². The van der Waals surface area contributed by atoms with Crippen LogP contribution in [0, 0.1) is 0 Å². The van der Waals surface area contributed by atoms with Crippen LogP contribution in [0.25, 0.3) is 16.7 Å². The van der Waals surface area contributed by atoms with Gasteiger partial charge in [0.1, 0.15) is 17.3 Å². The van der Waals surface area contributed by atoms with Crippen LogP contribution in [0.3, 0.4) is 0 Å². The summed E-state index contributed by atoms with van der Waals surface area (Å²) in [5.74, 6) is 2.96. The normalized spacial score (nSPS) is 14.1. The van der Waals surface area contributed by atoms with E-state index in [0.717, 1.165) is 59.0 Å². The molecule has 4 aromatic rings. The van der Waals surface area contributed by atoms with Crippen molar-refractivity contribution in [3.05, 3.63) is 47.7 Å². The van der Waals surface area contributed by atoms with E-state index in [2.05, 4.69) is 65.3 Å². The molecule has 29 heavy (non-hydrogen) atoms. The molecule has 0 aliphatic heterocycles. The maximum atomic E-state index is 4.97. The third kappa shape index (κ3) is 3.73. The van der Waals surface area contributed by atoms with Crippen LogP contribution in [0.1, 0.15) is 88.3 Å². The Labute approximate surface area is 171 Å². The maximum Gasteiger partial charge on any atom is 0.159 e. The van der Waals surface area contributed by atoms with E-state index < -0.39 is 0 Å². The summed E-state index contributed by atoms with van der Waals surface area (Å²) < 4.78 is 2.09. The van der Waals surface area contributed by atoms with E-state index in [-0.39, 0.29) is 0 Å². The fraction of sp³-hybridized carbons (Fsp3) is 0.500. The van der Waals surface area contributed by atoms with Gasteiger partial charge in [-0.15, -0.1) is 0 Å². The molecule has 0 saturated carbocycles. The van der Waals surface area contributed by atoms with Crippen LogP contribution in [-0.2, 0) is 6.42 Å². The molecule has 0 bridgehead atoms. The summed E-state index contributed by atoms with van der Waals surface area (Å²) in [5.41, 5.74) is 4.01. The van der Waals surface area contributed by atoms with Gasteiger partial charge in [-0.25, -0.2) is 19.9 Å². The van der Waals surface area contributed by atoms with Gasteiger partial charge in [0.05, 0.1) is 17.3 Å². The summed E-state index contributed by atoms with van der Waals surface area (Å²) >= 11 is 0. The smallest absolute Gasteiger partial charge is 0.159 e. The molecule has 4 rings (SSSR count). The number of hydrogen-bond acceptors (Lipinski definition) is 5. The summed E-state index contributed by atoms with van der Waals surface area (Å²) in [6.07, 6.45) is 8.55. The quantitative estimate of drug-likeness (QED) is 0.490. The highest BCUT2D eigenvalue weighted by molar-refractivity contribution is 5.77. The van der Waals surface area contributed by atoms with Crippen LogP contribution in [-0.4, -0.2) is 34.5 Å². The van der Waals surface area contributed by atoms with E-state index in [1.807, 2.05) is 18.6 Å². The van der Waals surface area contributed by atoms with Gasteiger partial charge < -0.3 is 0 Å². The van der Waals surface area contributed by atoms with Crippen molar-refractivity contribution >= 4 is 16.7 Å². The largest absolute Gasteiger partial charge is 0.288 e. The maximum absolute atomic E-state index is 4.97. The number of imidazole rings is 1. The Balaban J connectivity index is 1.55. The average molecular weight is 392 g/mol. The van der Waals surface area contributed by atoms with Gasteiger partial charge in [-0.1, -0.05) is 34.6 Å². The number of aryl methyl sites for hydroxylation is 1. The SMILES string of the molecule is CCc1nc(C(C)CCC(C)c2cc3nccn3c(C(C)C)n2)c2cn[nH]c2n1. The Morgan fingerprint density at radius 1 is 1.03 bits per heavy atom. The molecule has 152 valence electrons. The number of aromatic nitrogens is 7. The van der Waals surface area contributed by atoms with Crippen LogP contribution < -0.4 is 0 Å². The Hall–Kier alpha value is -2.83. The molecule has 0 aromatic carbocycles. The van der Waals surface area contributed by atoms with Crippen LogP contribution in [0.2, 0.25) is 0 Å². The molecule has 0 saturated heterocycles. The van der Waals surface area contributed by atoms with Crippen molar-refractivity contribution in [1.29, 1.82) is 0 Å².